The normalized spacial score (nSPS) is 40.0. The molecule has 0 amide bonds. The Kier molecular flexibility index (Phi) is 1.45. The van der Waals surface area contributed by atoms with Crippen LogP contribution in [0.25, 0.3) is 0 Å². The fourth-order valence-electron chi connectivity index (χ4n) is 1.05. The van der Waals surface area contributed by atoms with Crippen LogP contribution in [0.1, 0.15) is 19.8 Å². The standard InChI is InChI=1S/C6H11NO2/c1-2-5-3-6(5,7)9-4-8/h4-5H,2-3,7H2,1H3. The van der Waals surface area contributed by atoms with Crippen molar-refractivity contribution in [2.75, 3.05) is 0 Å². The minimum atomic E-state index is -0.601. The maximum atomic E-state index is 9.82. The molecule has 0 bridgehead atoms. The molecule has 0 spiro atoms. The molecule has 2 N–H and O–H groups in total. The average Bonchev–Trinajstić information content (AvgIpc) is 2.43. The van der Waals surface area contributed by atoms with E-state index in [9.17, 15) is 4.79 Å². The third-order valence-electron chi connectivity index (χ3n) is 1.86. The molecular formula is C6H11NO2. The van der Waals surface area contributed by atoms with Gasteiger partial charge >= 0.3 is 0 Å². The molecule has 3 nitrogen and oxygen atoms in total. The maximum Gasteiger partial charge on any atom is 0.294 e. The molecule has 0 aromatic heterocycles. The monoisotopic (exact) mass is 129 g/mol. The summed E-state index contributed by atoms with van der Waals surface area (Å²) in [6, 6.07) is 0. The topological polar surface area (TPSA) is 52.3 Å². The van der Waals surface area contributed by atoms with Gasteiger partial charge in [-0.05, 0) is 6.42 Å². The van der Waals surface area contributed by atoms with Gasteiger partial charge in [-0.2, -0.15) is 0 Å². The van der Waals surface area contributed by atoms with Crippen molar-refractivity contribution in [3.8, 4) is 0 Å². The van der Waals surface area contributed by atoms with Gasteiger partial charge in [-0.15, -0.1) is 0 Å². The van der Waals surface area contributed by atoms with E-state index in [0.29, 0.717) is 12.4 Å². The summed E-state index contributed by atoms with van der Waals surface area (Å²) in [4.78, 5) is 9.82. The fraction of sp³-hybridized carbons (Fsp3) is 0.833. The first-order valence-electron chi connectivity index (χ1n) is 3.13. The highest BCUT2D eigenvalue weighted by Gasteiger charge is 2.52. The predicted octanol–water partition coefficient (Wildman–Crippen LogP) is 0.244. The quantitative estimate of drug-likeness (QED) is 0.439. The van der Waals surface area contributed by atoms with E-state index in [1.807, 2.05) is 6.92 Å². The number of hydrogen-bond donors (Lipinski definition) is 1. The smallest absolute Gasteiger partial charge is 0.294 e. The summed E-state index contributed by atoms with van der Waals surface area (Å²) in [6.07, 6.45) is 1.81. The summed E-state index contributed by atoms with van der Waals surface area (Å²) in [6.45, 7) is 2.46. The molecule has 0 aromatic rings. The molecule has 3 heteroatoms. The van der Waals surface area contributed by atoms with Gasteiger partial charge in [0, 0.05) is 12.3 Å². The van der Waals surface area contributed by atoms with Gasteiger partial charge < -0.3 is 4.74 Å². The van der Waals surface area contributed by atoms with Crippen LogP contribution in [0.2, 0.25) is 0 Å². The molecule has 9 heavy (non-hydrogen) atoms. The van der Waals surface area contributed by atoms with Crippen molar-refractivity contribution in [2.24, 2.45) is 11.7 Å². The van der Waals surface area contributed by atoms with E-state index in [1.165, 1.54) is 0 Å². The lowest BCUT2D eigenvalue weighted by atomic mass is 10.3. The van der Waals surface area contributed by atoms with E-state index in [2.05, 4.69) is 4.74 Å². The Morgan fingerprint density at radius 1 is 2.00 bits per heavy atom. The number of carbonyl (C=O) groups is 1. The van der Waals surface area contributed by atoms with Crippen LogP contribution in [0.4, 0.5) is 0 Å². The van der Waals surface area contributed by atoms with Crippen molar-refractivity contribution in [1.29, 1.82) is 0 Å². The Labute approximate surface area is 54.2 Å². The fourth-order valence-corrected chi connectivity index (χ4v) is 1.05. The number of nitrogens with two attached hydrogens (primary N) is 1. The Bertz CT molecular complexity index is 126. The van der Waals surface area contributed by atoms with Crippen molar-refractivity contribution in [3.05, 3.63) is 0 Å². The predicted molar refractivity (Wildman–Crippen MR) is 32.5 cm³/mol. The second-order valence-electron chi connectivity index (χ2n) is 2.48. The zero-order chi connectivity index (χ0) is 6.91. The summed E-state index contributed by atoms with van der Waals surface area (Å²) in [5.41, 5.74) is 4.96. The number of hydrogen-bond acceptors (Lipinski definition) is 3. The van der Waals surface area contributed by atoms with Crippen LogP contribution in [-0.4, -0.2) is 12.2 Å². The second-order valence-corrected chi connectivity index (χ2v) is 2.48. The van der Waals surface area contributed by atoms with Crippen LogP contribution in [0.15, 0.2) is 0 Å². The Hall–Kier alpha value is -0.570. The van der Waals surface area contributed by atoms with Gasteiger partial charge in [0.1, 0.15) is 0 Å². The maximum absolute atomic E-state index is 9.82. The zero-order valence-corrected chi connectivity index (χ0v) is 5.46. The molecule has 0 saturated heterocycles. The number of carbonyl (C=O) groups excluding carboxylic acids is 1. The van der Waals surface area contributed by atoms with Gasteiger partial charge in [-0.1, -0.05) is 6.92 Å². The van der Waals surface area contributed by atoms with E-state index in [1.54, 1.807) is 0 Å². The van der Waals surface area contributed by atoms with Gasteiger partial charge in [0.2, 0.25) is 0 Å². The summed E-state index contributed by atoms with van der Waals surface area (Å²) in [7, 11) is 0. The molecule has 0 aliphatic heterocycles. The highest BCUT2D eigenvalue weighted by atomic mass is 16.6. The van der Waals surface area contributed by atoms with Gasteiger partial charge in [-0.3, -0.25) is 10.5 Å². The summed E-state index contributed by atoms with van der Waals surface area (Å²) in [5.74, 6) is 0.391. The van der Waals surface area contributed by atoms with Crippen molar-refractivity contribution >= 4 is 6.47 Å². The number of rotatable bonds is 3. The first kappa shape index (κ1) is 6.55. The lowest BCUT2D eigenvalue weighted by Crippen LogP contribution is -2.27. The van der Waals surface area contributed by atoms with Gasteiger partial charge in [0.25, 0.3) is 6.47 Å². The highest BCUT2D eigenvalue weighted by molar-refractivity contribution is 5.39. The van der Waals surface area contributed by atoms with E-state index in [-0.39, 0.29) is 0 Å². The van der Waals surface area contributed by atoms with Crippen molar-refractivity contribution in [1.82, 2.24) is 0 Å². The SMILES string of the molecule is CCC1CC1(N)OC=O. The van der Waals surface area contributed by atoms with E-state index in [0.717, 1.165) is 12.8 Å². The van der Waals surface area contributed by atoms with E-state index >= 15 is 0 Å². The van der Waals surface area contributed by atoms with E-state index in [4.69, 9.17) is 5.73 Å². The minimum Gasteiger partial charge on any atom is -0.446 e. The van der Waals surface area contributed by atoms with Crippen LogP contribution in [0.3, 0.4) is 0 Å². The minimum absolute atomic E-state index is 0.391. The molecule has 2 atom stereocenters. The Balaban J connectivity index is 2.32. The van der Waals surface area contributed by atoms with Crippen LogP contribution < -0.4 is 5.73 Å². The van der Waals surface area contributed by atoms with Crippen LogP contribution in [-0.2, 0) is 9.53 Å². The van der Waals surface area contributed by atoms with Crippen LogP contribution in [0, 0.1) is 5.92 Å². The van der Waals surface area contributed by atoms with Crippen molar-refractivity contribution in [3.63, 3.8) is 0 Å². The molecular weight excluding hydrogens is 118 g/mol. The molecule has 0 radical (unpaired) electrons. The molecule has 1 saturated carbocycles. The first-order chi connectivity index (χ1) is 4.23. The summed E-state index contributed by atoms with van der Waals surface area (Å²) < 4.78 is 4.64. The van der Waals surface area contributed by atoms with Crippen molar-refractivity contribution < 1.29 is 9.53 Å². The molecule has 0 aromatic carbocycles. The molecule has 1 rings (SSSR count). The zero-order valence-electron chi connectivity index (χ0n) is 5.46. The van der Waals surface area contributed by atoms with Crippen LogP contribution >= 0.6 is 0 Å². The number of ether oxygens (including phenoxy) is 1. The lowest BCUT2D eigenvalue weighted by molar-refractivity contribution is -0.136. The Morgan fingerprint density at radius 2 is 2.67 bits per heavy atom. The first-order valence-corrected chi connectivity index (χ1v) is 3.13. The van der Waals surface area contributed by atoms with Gasteiger partial charge in [-0.25, -0.2) is 0 Å². The molecule has 52 valence electrons. The Morgan fingerprint density at radius 3 is 3.00 bits per heavy atom. The van der Waals surface area contributed by atoms with Crippen molar-refractivity contribution in [2.45, 2.75) is 25.5 Å². The largest absolute Gasteiger partial charge is 0.446 e. The molecule has 1 fully saturated rings. The molecule has 2 unspecified atom stereocenters. The molecule has 0 heterocycles. The highest BCUT2D eigenvalue weighted by Crippen LogP contribution is 2.43. The third-order valence-corrected chi connectivity index (χ3v) is 1.86. The third kappa shape index (κ3) is 1.05. The van der Waals surface area contributed by atoms with Crippen LogP contribution in [0.5, 0.6) is 0 Å². The lowest BCUT2D eigenvalue weighted by Gasteiger charge is -2.06. The van der Waals surface area contributed by atoms with Gasteiger partial charge in [0.05, 0.1) is 0 Å². The van der Waals surface area contributed by atoms with Gasteiger partial charge in [0.15, 0.2) is 5.72 Å². The second kappa shape index (κ2) is 1.99. The molecule has 1 aliphatic carbocycles. The summed E-state index contributed by atoms with van der Waals surface area (Å²) >= 11 is 0. The molecule has 1 aliphatic rings. The average molecular weight is 129 g/mol. The summed E-state index contributed by atoms with van der Waals surface area (Å²) in [5, 5.41) is 0. The van der Waals surface area contributed by atoms with E-state index < -0.39 is 5.72 Å².